The van der Waals surface area contributed by atoms with Crippen LogP contribution in [0.4, 0.5) is 5.69 Å². The van der Waals surface area contributed by atoms with Crippen molar-refractivity contribution in [2.24, 2.45) is 0 Å². The zero-order chi connectivity index (χ0) is 12.1. The molecular formula is C13H11N3O. The summed E-state index contributed by atoms with van der Waals surface area (Å²) in [7, 11) is 0. The van der Waals surface area contributed by atoms with E-state index >= 15 is 0 Å². The number of benzene rings is 1. The highest BCUT2D eigenvalue weighted by Gasteiger charge is 2.04. The second kappa shape index (κ2) is 4.99. The van der Waals surface area contributed by atoms with Crippen LogP contribution in [-0.2, 0) is 6.54 Å². The Balaban J connectivity index is 2.18. The van der Waals surface area contributed by atoms with Crippen molar-refractivity contribution in [3.8, 4) is 6.07 Å². The lowest BCUT2D eigenvalue weighted by atomic mass is 10.2. The maximum Gasteiger partial charge on any atom is 0.267 e. The standard InChI is InChI=1S/C13H11N3O/c14-8-11-12(6-7-15-13(11)17)16-9-10-4-2-1-3-5-10/h1-7H,9H2,(H2,15,16,17). The largest absolute Gasteiger partial charge is 0.380 e. The molecule has 0 unspecified atom stereocenters. The molecule has 0 saturated carbocycles. The van der Waals surface area contributed by atoms with Crippen molar-refractivity contribution in [3.63, 3.8) is 0 Å². The number of aromatic nitrogens is 1. The zero-order valence-corrected chi connectivity index (χ0v) is 9.10. The summed E-state index contributed by atoms with van der Waals surface area (Å²) in [5.74, 6) is 0. The van der Waals surface area contributed by atoms with E-state index < -0.39 is 0 Å². The van der Waals surface area contributed by atoms with Crippen molar-refractivity contribution < 1.29 is 0 Å². The number of nitrogens with one attached hydrogen (secondary N) is 2. The van der Waals surface area contributed by atoms with Crippen LogP contribution < -0.4 is 10.9 Å². The third-order valence-electron chi connectivity index (χ3n) is 2.40. The molecule has 2 N–H and O–H groups in total. The quantitative estimate of drug-likeness (QED) is 0.837. The normalized spacial score (nSPS) is 9.59. The zero-order valence-electron chi connectivity index (χ0n) is 9.10. The van der Waals surface area contributed by atoms with Gasteiger partial charge in [-0.25, -0.2) is 0 Å². The molecule has 0 spiro atoms. The third kappa shape index (κ3) is 2.52. The second-order valence-electron chi connectivity index (χ2n) is 3.55. The van der Waals surface area contributed by atoms with Gasteiger partial charge in [-0.3, -0.25) is 4.79 Å². The summed E-state index contributed by atoms with van der Waals surface area (Å²) in [5, 5.41) is 12.0. The summed E-state index contributed by atoms with van der Waals surface area (Å²) >= 11 is 0. The van der Waals surface area contributed by atoms with Gasteiger partial charge in [-0.15, -0.1) is 0 Å². The average molecular weight is 225 g/mol. The lowest BCUT2D eigenvalue weighted by molar-refractivity contribution is 1.12. The molecule has 0 amide bonds. The van der Waals surface area contributed by atoms with E-state index in [1.165, 1.54) is 6.20 Å². The van der Waals surface area contributed by atoms with Crippen molar-refractivity contribution in [1.82, 2.24) is 4.98 Å². The molecule has 0 aliphatic heterocycles. The predicted octanol–water partition coefficient (Wildman–Crippen LogP) is 1.86. The molecule has 0 bridgehead atoms. The number of nitrogens with zero attached hydrogens (tertiary/aromatic N) is 1. The topological polar surface area (TPSA) is 68.7 Å². The van der Waals surface area contributed by atoms with E-state index in [1.807, 2.05) is 36.4 Å². The minimum Gasteiger partial charge on any atom is -0.380 e. The van der Waals surface area contributed by atoms with Gasteiger partial charge in [0.25, 0.3) is 5.56 Å². The van der Waals surface area contributed by atoms with Crippen LogP contribution in [0.1, 0.15) is 11.1 Å². The summed E-state index contributed by atoms with van der Waals surface area (Å²) in [6, 6.07) is 13.4. The van der Waals surface area contributed by atoms with E-state index in [2.05, 4.69) is 10.3 Å². The first-order valence-corrected chi connectivity index (χ1v) is 5.21. The third-order valence-corrected chi connectivity index (χ3v) is 2.40. The van der Waals surface area contributed by atoms with E-state index in [0.717, 1.165) is 5.56 Å². The fourth-order valence-electron chi connectivity index (χ4n) is 1.53. The lowest BCUT2D eigenvalue weighted by Gasteiger charge is -2.07. The van der Waals surface area contributed by atoms with Gasteiger partial charge < -0.3 is 10.3 Å². The number of H-pyrrole nitrogens is 1. The SMILES string of the molecule is N#Cc1c(NCc2ccccc2)cc[nH]c1=O. The predicted molar refractivity (Wildman–Crippen MR) is 65.5 cm³/mol. The van der Waals surface area contributed by atoms with Crippen LogP contribution in [0.2, 0.25) is 0 Å². The molecule has 1 aromatic heterocycles. The van der Waals surface area contributed by atoms with Crippen LogP contribution in [-0.4, -0.2) is 4.98 Å². The van der Waals surface area contributed by atoms with Crippen LogP contribution >= 0.6 is 0 Å². The highest BCUT2D eigenvalue weighted by atomic mass is 16.1. The first-order valence-electron chi connectivity index (χ1n) is 5.21. The summed E-state index contributed by atoms with van der Waals surface area (Å²) in [6.07, 6.45) is 1.52. The molecule has 0 radical (unpaired) electrons. The van der Waals surface area contributed by atoms with Crippen molar-refractivity contribution in [1.29, 1.82) is 5.26 Å². The van der Waals surface area contributed by atoms with Gasteiger partial charge in [-0.2, -0.15) is 5.26 Å². The Kier molecular flexibility index (Phi) is 3.22. The van der Waals surface area contributed by atoms with Crippen molar-refractivity contribution in [2.75, 3.05) is 5.32 Å². The average Bonchev–Trinajstić information content (AvgIpc) is 2.37. The molecule has 2 rings (SSSR count). The number of rotatable bonds is 3. The monoisotopic (exact) mass is 225 g/mol. The van der Waals surface area contributed by atoms with E-state index in [9.17, 15) is 4.79 Å². The van der Waals surface area contributed by atoms with E-state index in [0.29, 0.717) is 12.2 Å². The Morgan fingerprint density at radius 3 is 2.71 bits per heavy atom. The Bertz CT molecular complexity index is 596. The first kappa shape index (κ1) is 11.0. The number of pyridine rings is 1. The molecule has 17 heavy (non-hydrogen) atoms. The fourth-order valence-corrected chi connectivity index (χ4v) is 1.53. The summed E-state index contributed by atoms with van der Waals surface area (Å²) < 4.78 is 0. The van der Waals surface area contributed by atoms with Crippen LogP contribution in [0.3, 0.4) is 0 Å². The Hall–Kier alpha value is -2.54. The summed E-state index contributed by atoms with van der Waals surface area (Å²) in [4.78, 5) is 13.8. The van der Waals surface area contributed by atoms with E-state index in [-0.39, 0.29) is 11.1 Å². The maximum atomic E-state index is 11.4. The van der Waals surface area contributed by atoms with Gasteiger partial charge in [0.2, 0.25) is 0 Å². The first-order chi connectivity index (χ1) is 8.31. The van der Waals surface area contributed by atoms with Crippen molar-refractivity contribution in [3.05, 3.63) is 64.1 Å². The van der Waals surface area contributed by atoms with Crippen molar-refractivity contribution >= 4 is 5.69 Å². The number of hydrogen-bond acceptors (Lipinski definition) is 3. The number of anilines is 1. The smallest absolute Gasteiger partial charge is 0.267 e. The van der Waals surface area contributed by atoms with Gasteiger partial charge in [0, 0.05) is 12.7 Å². The number of nitriles is 1. The van der Waals surface area contributed by atoms with E-state index in [1.54, 1.807) is 6.07 Å². The second-order valence-corrected chi connectivity index (χ2v) is 3.55. The molecule has 0 atom stereocenters. The summed E-state index contributed by atoms with van der Waals surface area (Å²) in [6.45, 7) is 0.582. The minimum atomic E-state index is -0.370. The molecule has 1 heterocycles. The van der Waals surface area contributed by atoms with Gasteiger partial charge >= 0.3 is 0 Å². The highest BCUT2D eigenvalue weighted by molar-refractivity contribution is 5.55. The van der Waals surface area contributed by atoms with Crippen molar-refractivity contribution in [2.45, 2.75) is 6.54 Å². The minimum absolute atomic E-state index is 0.114. The van der Waals surface area contributed by atoms with Gasteiger partial charge in [0.1, 0.15) is 11.6 Å². The van der Waals surface area contributed by atoms with Gasteiger partial charge in [0.05, 0.1) is 5.69 Å². The van der Waals surface area contributed by atoms with Gasteiger partial charge in [-0.1, -0.05) is 30.3 Å². The summed E-state index contributed by atoms with van der Waals surface area (Å²) in [5.41, 5.74) is 1.39. The highest BCUT2D eigenvalue weighted by Crippen LogP contribution is 2.10. The molecule has 4 nitrogen and oxygen atoms in total. The molecule has 84 valence electrons. The van der Waals surface area contributed by atoms with E-state index in [4.69, 9.17) is 5.26 Å². The molecule has 0 aliphatic rings. The Morgan fingerprint density at radius 2 is 2.00 bits per heavy atom. The van der Waals surface area contributed by atoms with Gasteiger partial charge in [-0.05, 0) is 11.6 Å². The Morgan fingerprint density at radius 1 is 1.24 bits per heavy atom. The molecule has 0 saturated heterocycles. The maximum absolute atomic E-state index is 11.4. The molecular weight excluding hydrogens is 214 g/mol. The molecule has 0 fully saturated rings. The number of aromatic amines is 1. The number of hydrogen-bond donors (Lipinski definition) is 2. The van der Waals surface area contributed by atoms with Crippen LogP contribution in [0.15, 0.2) is 47.4 Å². The van der Waals surface area contributed by atoms with Crippen LogP contribution in [0.25, 0.3) is 0 Å². The van der Waals surface area contributed by atoms with Crippen LogP contribution in [0.5, 0.6) is 0 Å². The molecule has 2 aromatic rings. The fraction of sp³-hybridized carbons (Fsp3) is 0.0769. The Labute approximate surface area is 98.5 Å². The molecule has 1 aromatic carbocycles. The van der Waals surface area contributed by atoms with Crippen LogP contribution in [0, 0.1) is 11.3 Å². The lowest BCUT2D eigenvalue weighted by Crippen LogP contribution is -2.13. The molecule has 4 heteroatoms. The molecule has 0 aliphatic carbocycles. The van der Waals surface area contributed by atoms with Gasteiger partial charge in [0.15, 0.2) is 0 Å².